The van der Waals surface area contributed by atoms with Gasteiger partial charge in [-0.15, -0.1) is 0 Å². The van der Waals surface area contributed by atoms with Crippen molar-refractivity contribution < 1.29 is 8.78 Å². The van der Waals surface area contributed by atoms with Gasteiger partial charge in [-0.1, -0.05) is 23.8 Å². The SMILES string of the molecule is Cc1ccc(F)c(C(C#N)Nc2cccc(F)c2)c1. The molecule has 0 saturated carbocycles. The van der Waals surface area contributed by atoms with Gasteiger partial charge in [0.15, 0.2) is 0 Å². The molecule has 0 saturated heterocycles. The number of hydrogen-bond donors (Lipinski definition) is 1. The van der Waals surface area contributed by atoms with E-state index in [0.717, 1.165) is 5.56 Å². The Labute approximate surface area is 110 Å². The van der Waals surface area contributed by atoms with Crippen LogP contribution >= 0.6 is 0 Å². The fraction of sp³-hybridized carbons (Fsp3) is 0.133. The van der Waals surface area contributed by atoms with E-state index in [0.29, 0.717) is 5.69 Å². The fourth-order valence-corrected chi connectivity index (χ4v) is 1.81. The summed E-state index contributed by atoms with van der Waals surface area (Å²) in [7, 11) is 0. The smallest absolute Gasteiger partial charge is 0.143 e. The van der Waals surface area contributed by atoms with Crippen molar-refractivity contribution >= 4 is 5.69 Å². The zero-order valence-corrected chi connectivity index (χ0v) is 10.3. The Morgan fingerprint density at radius 2 is 1.95 bits per heavy atom. The minimum absolute atomic E-state index is 0.256. The highest BCUT2D eigenvalue weighted by Crippen LogP contribution is 2.23. The van der Waals surface area contributed by atoms with Crippen molar-refractivity contribution in [1.82, 2.24) is 0 Å². The largest absolute Gasteiger partial charge is 0.366 e. The lowest BCUT2D eigenvalue weighted by molar-refractivity contribution is 0.606. The average molecular weight is 258 g/mol. The molecule has 4 heteroatoms. The van der Waals surface area contributed by atoms with E-state index in [-0.39, 0.29) is 5.56 Å². The third-order valence-electron chi connectivity index (χ3n) is 2.73. The molecule has 1 atom stereocenters. The molecule has 1 N–H and O–H groups in total. The average Bonchev–Trinajstić information content (AvgIpc) is 2.39. The van der Waals surface area contributed by atoms with Gasteiger partial charge in [0.2, 0.25) is 0 Å². The summed E-state index contributed by atoms with van der Waals surface area (Å²) in [6.45, 7) is 1.82. The first kappa shape index (κ1) is 13.0. The highest BCUT2D eigenvalue weighted by atomic mass is 19.1. The Hall–Kier alpha value is -2.41. The first-order chi connectivity index (χ1) is 9.10. The normalized spacial score (nSPS) is 11.7. The van der Waals surface area contributed by atoms with E-state index in [1.54, 1.807) is 18.2 Å². The molecule has 0 aliphatic heterocycles. The number of nitriles is 1. The maximum atomic E-state index is 13.7. The Balaban J connectivity index is 2.31. The summed E-state index contributed by atoms with van der Waals surface area (Å²) >= 11 is 0. The summed E-state index contributed by atoms with van der Waals surface area (Å²) in [6.07, 6.45) is 0. The Morgan fingerprint density at radius 1 is 1.16 bits per heavy atom. The molecule has 0 aliphatic rings. The number of hydrogen-bond acceptors (Lipinski definition) is 2. The van der Waals surface area contributed by atoms with Gasteiger partial charge in [0.1, 0.15) is 17.7 Å². The molecular formula is C15H12F2N2. The van der Waals surface area contributed by atoms with E-state index in [2.05, 4.69) is 5.32 Å². The first-order valence-electron chi connectivity index (χ1n) is 5.78. The van der Waals surface area contributed by atoms with Gasteiger partial charge in [-0.05, 0) is 31.2 Å². The highest BCUT2D eigenvalue weighted by Gasteiger charge is 2.15. The number of nitrogens with zero attached hydrogens (tertiary/aromatic N) is 1. The van der Waals surface area contributed by atoms with Crippen molar-refractivity contribution in [1.29, 1.82) is 5.26 Å². The van der Waals surface area contributed by atoms with Crippen molar-refractivity contribution in [3.05, 3.63) is 65.2 Å². The summed E-state index contributed by atoms with van der Waals surface area (Å²) in [4.78, 5) is 0. The number of benzene rings is 2. The van der Waals surface area contributed by atoms with E-state index in [4.69, 9.17) is 5.26 Å². The van der Waals surface area contributed by atoms with Crippen molar-refractivity contribution in [3.8, 4) is 6.07 Å². The van der Waals surface area contributed by atoms with Crippen LogP contribution in [0.2, 0.25) is 0 Å². The van der Waals surface area contributed by atoms with E-state index in [1.165, 1.54) is 24.3 Å². The van der Waals surface area contributed by atoms with Gasteiger partial charge in [0, 0.05) is 11.3 Å². The Kier molecular flexibility index (Phi) is 3.76. The van der Waals surface area contributed by atoms with Crippen LogP contribution in [0.3, 0.4) is 0 Å². The van der Waals surface area contributed by atoms with Gasteiger partial charge in [0.05, 0.1) is 6.07 Å². The second-order valence-electron chi connectivity index (χ2n) is 4.24. The molecule has 0 amide bonds. The molecule has 2 aromatic rings. The van der Waals surface area contributed by atoms with E-state index in [1.807, 2.05) is 13.0 Å². The number of halogens is 2. The Bertz CT molecular complexity index is 632. The van der Waals surface area contributed by atoms with Gasteiger partial charge >= 0.3 is 0 Å². The molecule has 1 unspecified atom stereocenters. The minimum Gasteiger partial charge on any atom is -0.366 e. The number of nitrogens with one attached hydrogen (secondary N) is 1. The zero-order valence-electron chi connectivity index (χ0n) is 10.3. The molecule has 19 heavy (non-hydrogen) atoms. The van der Waals surface area contributed by atoms with Crippen LogP contribution in [0.1, 0.15) is 17.2 Å². The molecule has 0 heterocycles. The molecule has 2 nitrogen and oxygen atoms in total. The van der Waals surface area contributed by atoms with Gasteiger partial charge in [-0.2, -0.15) is 5.26 Å². The number of anilines is 1. The van der Waals surface area contributed by atoms with Crippen LogP contribution in [0.5, 0.6) is 0 Å². The monoisotopic (exact) mass is 258 g/mol. The first-order valence-corrected chi connectivity index (χ1v) is 5.78. The summed E-state index contributed by atoms with van der Waals surface area (Å²) in [5, 5.41) is 12.0. The molecule has 0 fully saturated rings. The van der Waals surface area contributed by atoms with Crippen LogP contribution in [0.25, 0.3) is 0 Å². The van der Waals surface area contributed by atoms with Gasteiger partial charge in [-0.3, -0.25) is 0 Å². The summed E-state index contributed by atoms with van der Waals surface area (Å²) in [5.74, 6) is -0.868. The molecule has 0 radical (unpaired) electrons. The van der Waals surface area contributed by atoms with Crippen molar-refractivity contribution in [2.75, 3.05) is 5.32 Å². The van der Waals surface area contributed by atoms with Gasteiger partial charge < -0.3 is 5.32 Å². The highest BCUT2D eigenvalue weighted by molar-refractivity contribution is 5.48. The van der Waals surface area contributed by atoms with Crippen molar-refractivity contribution in [3.63, 3.8) is 0 Å². The number of aryl methyl sites for hydroxylation is 1. The molecule has 0 aromatic heterocycles. The standard InChI is InChI=1S/C15H12F2N2/c1-10-5-6-14(17)13(7-10)15(9-18)19-12-4-2-3-11(16)8-12/h2-8,15,19H,1H3. The third kappa shape index (κ3) is 3.08. The molecule has 2 rings (SSSR count). The Morgan fingerprint density at radius 3 is 2.63 bits per heavy atom. The summed E-state index contributed by atoms with van der Waals surface area (Å²) in [5.41, 5.74) is 1.55. The van der Waals surface area contributed by atoms with E-state index >= 15 is 0 Å². The molecule has 0 spiro atoms. The third-order valence-corrected chi connectivity index (χ3v) is 2.73. The summed E-state index contributed by atoms with van der Waals surface area (Å²) in [6, 6.07) is 11.4. The second-order valence-corrected chi connectivity index (χ2v) is 4.24. The topological polar surface area (TPSA) is 35.8 Å². The summed E-state index contributed by atoms with van der Waals surface area (Å²) < 4.78 is 26.8. The quantitative estimate of drug-likeness (QED) is 0.904. The van der Waals surface area contributed by atoms with Crippen LogP contribution in [-0.2, 0) is 0 Å². The minimum atomic E-state index is -0.860. The molecular weight excluding hydrogens is 246 g/mol. The van der Waals surface area contributed by atoms with Crippen LogP contribution in [0, 0.1) is 29.9 Å². The maximum absolute atomic E-state index is 13.7. The number of rotatable bonds is 3. The van der Waals surface area contributed by atoms with Gasteiger partial charge in [-0.25, -0.2) is 8.78 Å². The molecule has 2 aromatic carbocycles. The predicted octanol–water partition coefficient (Wildman–Crippen LogP) is 3.95. The molecule has 0 bridgehead atoms. The van der Waals surface area contributed by atoms with Crippen molar-refractivity contribution in [2.45, 2.75) is 13.0 Å². The second kappa shape index (κ2) is 5.49. The molecule has 96 valence electrons. The van der Waals surface area contributed by atoms with E-state index in [9.17, 15) is 8.78 Å². The lowest BCUT2D eigenvalue weighted by Gasteiger charge is -2.14. The maximum Gasteiger partial charge on any atom is 0.143 e. The fourth-order valence-electron chi connectivity index (χ4n) is 1.81. The van der Waals surface area contributed by atoms with E-state index < -0.39 is 17.7 Å². The van der Waals surface area contributed by atoms with Crippen molar-refractivity contribution in [2.24, 2.45) is 0 Å². The lowest BCUT2D eigenvalue weighted by Crippen LogP contribution is -2.10. The van der Waals surface area contributed by atoms with Gasteiger partial charge in [0.25, 0.3) is 0 Å². The molecule has 0 aliphatic carbocycles. The van der Waals surface area contributed by atoms with Crippen LogP contribution in [0.15, 0.2) is 42.5 Å². The zero-order chi connectivity index (χ0) is 13.8. The van der Waals surface area contributed by atoms with Crippen LogP contribution in [0.4, 0.5) is 14.5 Å². The predicted molar refractivity (Wildman–Crippen MR) is 69.5 cm³/mol. The van der Waals surface area contributed by atoms with Crippen LogP contribution in [-0.4, -0.2) is 0 Å². The van der Waals surface area contributed by atoms with Crippen LogP contribution < -0.4 is 5.32 Å². The lowest BCUT2D eigenvalue weighted by atomic mass is 10.0.